The highest BCUT2D eigenvalue weighted by Gasteiger charge is 2.52. The van der Waals surface area contributed by atoms with E-state index in [-0.39, 0.29) is 0 Å². The van der Waals surface area contributed by atoms with Gasteiger partial charge >= 0.3 is 0 Å². The van der Waals surface area contributed by atoms with Gasteiger partial charge in [-0.15, -0.1) is 0 Å². The number of para-hydroxylation sites is 2. The molecule has 0 saturated carbocycles. The Labute approximate surface area is 356 Å². The van der Waals surface area contributed by atoms with Crippen LogP contribution in [0.5, 0.6) is 23.0 Å². The molecule has 0 N–H and O–H groups in total. The van der Waals surface area contributed by atoms with Gasteiger partial charge in [-0.1, -0.05) is 152 Å². The molecule has 2 spiro atoms. The van der Waals surface area contributed by atoms with Crippen LogP contribution in [-0.2, 0) is 10.8 Å². The van der Waals surface area contributed by atoms with Gasteiger partial charge in [0, 0.05) is 27.8 Å². The van der Waals surface area contributed by atoms with Crippen molar-refractivity contribution in [2.45, 2.75) is 10.8 Å². The molecule has 4 nitrogen and oxygen atoms in total. The minimum absolute atomic E-state index is 0.577. The number of aromatic nitrogens is 2. The zero-order valence-corrected chi connectivity index (χ0v) is 33.4. The molecule has 14 rings (SSSR count). The first-order valence-electron chi connectivity index (χ1n) is 20.7. The van der Waals surface area contributed by atoms with E-state index in [0.29, 0.717) is 0 Å². The van der Waals surface area contributed by atoms with Gasteiger partial charge in [-0.2, -0.15) is 8.75 Å². The van der Waals surface area contributed by atoms with Gasteiger partial charge in [0.25, 0.3) is 0 Å². The van der Waals surface area contributed by atoms with Crippen LogP contribution >= 0.6 is 11.7 Å². The molecule has 9 aromatic carbocycles. The molecule has 2 aliphatic heterocycles. The molecule has 0 fully saturated rings. The predicted octanol–water partition coefficient (Wildman–Crippen LogP) is 14.0. The van der Waals surface area contributed by atoms with Crippen LogP contribution in [-0.4, -0.2) is 8.75 Å². The first kappa shape index (κ1) is 33.3. The first-order valence-corrected chi connectivity index (χ1v) is 21.5. The lowest BCUT2D eigenvalue weighted by Gasteiger charge is -2.40. The second kappa shape index (κ2) is 12.0. The summed E-state index contributed by atoms with van der Waals surface area (Å²) in [6.45, 7) is 0. The van der Waals surface area contributed by atoms with Crippen molar-refractivity contribution in [2.24, 2.45) is 0 Å². The van der Waals surface area contributed by atoms with Gasteiger partial charge in [-0.3, -0.25) is 0 Å². The van der Waals surface area contributed by atoms with Crippen LogP contribution in [0, 0.1) is 0 Å². The van der Waals surface area contributed by atoms with Gasteiger partial charge in [0.15, 0.2) is 0 Å². The highest BCUT2D eigenvalue weighted by atomic mass is 32.1. The van der Waals surface area contributed by atoms with Crippen LogP contribution in [0.3, 0.4) is 0 Å². The Morgan fingerprint density at radius 1 is 0.328 bits per heavy atom. The Kier molecular flexibility index (Phi) is 6.54. The molecular weight excluding hydrogens is 765 g/mol. The molecule has 0 atom stereocenters. The normalized spacial score (nSPS) is 14.8. The Morgan fingerprint density at radius 2 is 0.738 bits per heavy atom. The van der Waals surface area contributed by atoms with E-state index in [9.17, 15) is 0 Å². The maximum Gasteiger partial charge on any atom is 0.132 e. The molecule has 3 heterocycles. The zero-order chi connectivity index (χ0) is 39.9. The minimum Gasteiger partial charge on any atom is -0.457 e. The number of nitrogens with zero attached hydrogens (tertiary/aromatic N) is 2. The number of benzene rings is 9. The lowest BCUT2D eigenvalue weighted by molar-refractivity contribution is 0.436. The van der Waals surface area contributed by atoms with E-state index in [1.54, 1.807) is 0 Å². The van der Waals surface area contributed by atoms with E-state index in [4.69, 9.17) is 18.2 Å². The lowest BCUT2D eigenvalue weighted by Crippen LogP contribution is -2.32. The molecule has 5 heteroatoms. The van der Waals surface area contributed by atoms with Gasteiger partial charge in [-0.05, 0) is 104 Å². The summed E-state index contributed by atoms with van der Waals surface area (Å²) in [5.74, 6) is 3.47. The minimum atomic E-state index is -0.589. The Balaban J connectivity index is 1.03. The molecule has 2 aliphatic carbocycles. The van der Waals surface area contributed by atoms with E-state index in [1.807, 2.05) is 0 Å². The summed E-state index contributed by atoms with van der Waals surface area (Å²) in [6, 6.07) is 70.4. The van der Waals surface area contributed by atoms with Crippen molar-refractivity contribution in [3.05, 3.63) is 239 Å². The summed E-state index contributed by atoms with van der Waals surface area (Å²) in [5, 5.41) is 0. The largest absolute Gasteiger partial charge is 0.457 e. The molecule has 61 heavy (non-hydrogen) atoms. The lowest BCUT2D eigenvalue weighted by atomic mass is 9.65. The smallest absolute Gasteiger partial charge is 0.132 e. The molecule has 10 aromatic rings. The van der Waals surface area contributed by atoms with Crippen molar-refractivity contribution in [3.63, 3.8) is 0 Å². The fraction of sp³-hybridized carbons (Fsp3) is 0.0357. The monoisotopic (exact) mass is 796 g/mol. The standard InChI is InChI=1S/C56H32N2O2S/c1-5-17-40-36(13-1)37-14-2-6-18-41(37)55(40)44-21-9-11-23-49(44)59-51-29-25-33(31-46(51)55)35-27-28-48-54(58-61-57-48)53(35)34-26-30-52-47(32-34)56(45-22-10-12-24-50(45)60-52)42-19-7-3-15-38(42)39-16-4-8-20-43(39)56/h1-32H. The number of hydrogen-bond donors (Lipinski definition) is 0. The third kappa shape index (κ3) is 4.14. The average molecular weight is 797 g/mol. The number of fused-ring (bicyclic) bond motifs is 19. The molecule has 0 radical (unpaired) electrons. The van der Waals surface area contributed by atoms with Crippen LogP contribution in [0.15, 0.2) is 194 Å². The van der Waals surface area contributed by atoms with E-state index >= 15 is 0 Å². The molecular formula is C56H32N2O2S. The van der Waals surface area contributed by atoms with E-state index in [0.717, 1.165) is 78.5 Å². The van der Waals surface area contributed by atoms with Crippen molar-refractivity contribution in [1.29, 1.82) is 0 Å². The van der Waals surface area contributed by atoms with E-state index < -0.39 is 10.8 Å². The quantitative estimate of drug-likeness (QED) is 0.175. The van der Waals surface area contributed by atoms with Crippen molar-refractivity contribution < 1.29 is 9.47 Å². The Hall–Kier alpha value is -7.60. The fourth-order valence-electron chi connectivity index (χ4n) is 11.4. The van der Waals surface area contributed by atoms with Crippen molar-refractivity contribution in [1.82, 2.24) is 8.75 Å². The van der Waals surface area contributed by atoms with Crippen molar-refractivity contribution >= 4 is 22.8 Å². The third-order valence-corrected chi connectivity index (χ3v) is 14.3. The molecule has 284 valence electrons. The number of ether oxygens (including phenoxy) is 2. The van der Waals surface area contributed by atoms with Crippen LogP contribution in [0.4, 0.5) is 0 Å². The topological polar surface area (TPSA) is 44.2 Å². The average Bonchev–Trinajstić information content (AvgIpc) is 4.00. The first-order chi connectivity index (χ1) is 30.2. The second-order valence-electron chi connectivity index (χ2n) is 16.4. The molecule has 1 aromatic heterocycles. The Morgan fingerprint density at radius 3 is 1.25 bits per heavy atom. The van der Waals surface area contributed by atoms with Crippen LogP contribution in [0.25, 0.3) is 55.5 Å². The number of hydrogen-bond acceptors (Lipinski definition) is 5. The SMILES string of the molecule is c1ccc2c(c1)Oc1ccc(-c3ccc4nsnc4c3-c3ccc4c(c3)C3(c5ccccc5O4)c4ccccc4-c4ccccc43)cc1C21c2ccccc2-c2ccccc21. The number of rotatable bonds is 2. The summed E-state index contributed by atoms with van der Waals surface area (Å²) >= 11 is 1.26. The zero-order valence-electron chi connectivity index (χ0n) is 32.6. The molecule has 4 aliphatic rings. The van der Waals surface area contributed by atoms with Gasteiger partial charge in [0.05, 0.1) is 22.6 Å². The summed E-state index contributed by atoms with van der Waals surface area (Å²) in [7, 11) is 0. The summed E-state index contributed by atoms with van der Waals surface area (Å²) in [6.07, 6.45) is 0. The summed E-state index contributed by atoms with van der Waals surface area (Å²) in [5.41, 5.74) is 19.4. The van der Waals surface area contributed by atoms with Crippen LogP contribution < -0.4 is 9.47 Å². The fourth-order valence-corrected chi connectivity index (χ4v) is 12.0. The second-order valence-corrected chi connectivity index (χ2v) is 16.9. The van der Waals surface area contributed by atoms with Gasteiger partial charge < -0.3 is 9.47 Å². The highest BCUT2D eigenvalue weighted by molar-refractivity contribution is 7.00. The van der Waals surface area contributed by atoms with Gasteiger partial charge in [-0.25, -0.2) is 0 Å². The van der Waals surface area contributed by atoms with Crippen LogP contribution in [0.1, 0.15) is 44.5 Å². The van der Waals surface area contributed by atoms with Gasteiger partial charge in [0.2, 0.25) is 0 Å². The van der Waals surface area contributed by atoms with Gasteiger partial charge in [0.1, 0.15) is 34.0 Å². The molecule has 0 saturated heterocycles. The highest BCUT2D eigenvalue weighted by Crippen LogP contribution is 2.64. The summed E-state index contributed by atoms with van der Waals surface area (Å²) < 4.78 is 23.4. The maximum atomic E-state index is 6.83. The third-order valence-electron chi connectivity index (χ3n) is 13.7. The van der Waals surface area contributed by atoms with E-state index in [2.05, 4.69) is 194 Å². The van der Waals surface area contributed by atoms with Crippen molar-refractivity contribution in [2.75, 3.05) is 0 Å². The van der Waals surface area contributed by atoms with Crippen LogP contribution in [0.2, 0.25) is 0 Å². The summed E-state index contributed by atoms with van der Waals surface area (Å²) in [4.78, 5) is 0. The van der Waals surface area contributed by atoms with Crippen molar-refractivity contribution in [3.8, 4) is 67.5 Å². The molecule has 0 unspecified atom stereocenters. The maximum absolute atomic E-state index is 6.83. The predicted molar refractivity (Wildman–Crippen MR) is 243 cm³/mol. The molecule has 0 amide bonds. The van der Waals surface area contributed by atoms with E-state index in [1.165, 1.54) is 56.2 Å². The molecule has 0 bridgehead atoms. The Bertz CT molecular complexity index is 3440.